The van der Waals surface area contributed by atoms with E-state index < -0.39 is 10.0 Å². The number of hydrogen-bond donors (Lipinski definition) is 0. The van der Waals surface area contributed by atoms with Crippen LogP contribution >= 0.6 is 27.5 Å². The molecule has 4 nitrogen and oxygen atoms in total. The third-order valence-electron chi connectivity index (χ3n) is 2.99. The van der Waals surface area contributed by atoms with Crippen LogP contribution in [-0.2, 0) is 14.8 Å². The quantitative estimate of drug-likeness (QED) is 0.838. The molecule has 0 saturated carbocycles. The first kappa shape index (κ1) is 14.3. The van der Waals surface area contributed by atoms with E-state index in [1.54, 1.807) is 13.1 Å². The molecule has 1 aromatic carbocycles. The zero-order valence-electron chi connectivity index (χ0n) is 9.77. The lowest BCUT2D eigenvalue weighted by Gasteiger charge is -2.22. The maximum atomic E-state index is 12.4. The van der Waals surface area contributed by atoms with Gasteiger partial charge in [0.2, 0.25) is 10.0 Å². The fraction of sp³-hybridized carbons (Fsp3) is 0.455. The second-order valence-electron chi connectivity index (χ2n) is 4.11. The first-order chi connectivity index (χ1) is 8.43. The van der Waals surface area contributed by atoms with E-state index in [1.165, 1.54) is 16.4 Å². The van der Waals surface area contributed by atoms with Gasteiger partial charge in [-0.15, -0.1) is 0 Å². The summed E-state index contributed by atoms with van der Waals surface area (Å²) in [6.07, 6.45) is 0.727. The zero-order chi connectivity index (χ0) is 13.3. The van der Waals surface area contributed by atoms with Crippen molar-refractivity contribution in [2.24, 2.45) is 0 Å². The fourth-order valence-corrected chi connectivity index (χ4v) is 3.85. The van der Waals surface area contributed by atoms with Gasteiger partial charge in [0.25, 0.3) is 0 Å². The fourth-order valence-electron chi connectivity index (χ4n) is 1.81. The number of nitrogens with zero attached hydrogens (tertiary/aromatic N) is 1. The van der Waals surface area contributed by atoms with Crippen molar-refractivity contribution in [2.45, 2.75) is 17.4 Å². The standard InChI is InChI=1S/C11H13BrClNO3S/c1-14(8-4-5-17-7-8)18(15,16)9-2-3-11(13)10(12)6-9/h2-3,6,8H,4-5,7H2,1H3. The van der Waals surface area contributed by atoms with E-state index in [1.807, 2.05) is 0 Å². The van der Waals surface area contributed by atoms with Gasteiger partial charge < -0.3 is 4.74 Å². The maximum absolute atomic E-state index is 12.4. The van der Waals surface area contributed by atoms with Gasteiger partial charge in [-0.2, -0.15) is 4.31 Å². The SMILES string of the molecule is CN(C1CCOC1)S(=O)(=O)c1ccc(Cl)c(Br)c1. The molecule has 0 spiro atoms. The van der Waals surface area contributed by atoms with Crippen LogP contribution in [0.25, 0.3) is 0 Å². The smallest absolute Gasteiger partial charge is 0.243 e. The number of halogens is 2. The van der Waals surface area contributed by atoms with E-state index in [2.05, 4.69) is 15.9 Å². The molecule has 1 atom stereocenters. The summed E-state index contributed by atoms with van der Waals surface area (Å²) in [6.45, 7) is 1.05. The summed E-state index contributed by atoms with van der Waals surface area (Å²) in [5.41, 5.74) is 0. The Labute approximate surface area is 120 Å². The lowest BCUT2D eigenvalue weighted by molar-refractivity contribution is 0.181. The Morgan fingerprint density at radius 3 is 2.78 bits per heavy atom. The predicted octanol–water partition coefficient (Wildman–Crippen LogP) is 2.51. The average Bonchev–Trinajstić information content (AvgIpc) is 2.85. The van der Waals surface area contributed by atoms with Gasteiger partial charge in [0.1, 0.15) is 0 Å². The Balaban J connectivity index is 2.32. The molecule has 0 bridgehead atoms. The number of ether oxygens (including phenoxy) is 1. The van der Waals surface area contributed by atoms with Gasteiger partial charge in [-0.1, -0.05) is 11.6 Å². The molecule has 0 N–H and O–H groups in total. The molecule has 7 heteroatoms. The summed E-state index contributed by atoms with van der Waals surface area (Å²) in [6, 6.07) is 4.50. The van der Waals surface area contributed by atoms with E-state index in [4.69, 9.17) is 16.3 Å². The van der Waals surface area contributed by atoms with Crippen LogP contribution in [0.2, 0.25) is 5.02 Å². The highest BCUT2D eigenvalue weighted by atomic mass is 79.9. The number of sulfonamides is 1. The summed E-state index contributed by atoms with van der Waals surface area (Å²) in [7, 11) is -1.92. The van der Waals surface area contributed by atoms with Gasteiger partial charge in [0.05, 0.1) is 22.6 Å². The predicted molar refractivity (Wildman–Crippen MR) is 73.3 cm³/mol. The van der Waals surface area contributed by atoms with Crippen LogP contribution in [-0.4, -0.2) is 39.0 Å². The first-order valence-corrected chi connectivity index (χ1v) is 8.05. The molecule has 0 amide bonds. The molecule has 1 fully saturated rings. The second kappa shape index (κ2) is 5.46. The number of benzene rings is 1. The third-order valence-corrected chi connectivity index (χ3v) is 6.11. The van der Waals surface area contributed by atoms with Crippen molar-refractivity contribution in [2.75, 3.05) is 20.3 Å². The molecule has 1 aliphatic heterocycles. The minimum Gasteiger partial charge on any atom is -0.380 e. The van der Waals surface area contributed by atoms with Crippen LogP contribution in [0.15, 0.2) is 27.6 Å². The Kier molecular flexibility index (Phi) is 4.33. The monoisotopic (exact) mass is 353 g/mol. The molecule has 1 heterocycles. The van der Waals surface area contributed by atoms with Gasteiger partial charge in [-0.3, -0.25) is 0 Å². The lowest BCUT2D eigenvalue weighted by Crippen LogP contribution is -2.37. The van der Waals surface area contributed by atoms with Crippen molar-refractivity contribution < 1.29 is 13.2 Å². The average molecular weight is 355 g/mol. The van der Waals surface area contributed by atoms with Crippen molar-refractivity contribution in [1.82, 2.24) is 4.31 Å². The summed E-state index contributed by atoms with van der Waals surface area (Å²) in [5, 5.41) is 0.487. The van der Waals surface area contributed by atoms with Crippen LogP contribution in [0.1, 0.15) is 6.42 Å². The van der Waals surface area contributed by atoms with Crippen LogP contribution in [0, 0.1) is 0 Å². The summed E-state index contributed by atoms with van der Waals surface area (Å²) in [4.78, 5) is 0.230. The molecular formula is C11H13BrClNO3S. The Bertz CT molecular complexity index is 543. The highest BCUT2D eigenvalue weighted by Gasteiger charge is 2.30. The molecule has 0 aromatic heterocycles. The number of rotatable bonds is 3. The highest BCUT2D eigenvalue weighted by molar-refractivity contribution is 9.10. The normalized spacial score (nSPS) is 20.6. The van der Waals surface area contributed by atoms with Gasteiger partial charge >= 0.3 is 0 Å². The third kappa shape index (κ3) is 2.72. The summed E-state index contributed by atoms with van der Waals surface area (Å²) in [5.74, 6) is 0. The maximum Gasteiger partial charge on any atom is 0.243 e. The molecule has 18 heavy (non-hydrogen) atoms. The van der Waals surface area contributed by atoms with E-state index in [0.717, 1.165) is 6.42 Å². The summed E-state index contributed by atoms with van der Waals surface area (Å²) < 4.78 is 31.9. The largest absolute Gasteiger partial charge is 0.380 e. The van der Waals surface area contributed by atoms with Gasteiger partial charge in [0, 0.05) is 18.1 Å². The summed E-state index contributed by atoms with van der Waals surface area (Å²) >= 11 is 9.09. The van der Waals surface area contributed by atoms with Crippen molar-refractivity contribution in [1.29, 1.82) is 0 Å². The van der Waals surface area contributed by atoms with Gasteiger partial charge in [0.15, 0.2) is 0 Å². The minimum absolute atomic E-state index is 0.0931. The van der Waals surface area contributed by atoms with E-state index in [-0.39, 0.29) is 10.9 Å². The Morgan fingerprint density at radius 2 is 2.22 bits per heavy atom. The Hall–Kier alpha value is -0.140. The zero-order valence-corrected chi connectivity index (χ0v) is 12.9. The first-order valence-electron chi connectivity index (χ1n) is 5.44. The van der Waals surface area contributed by atoms with Crippen LogP contribution in [0.3, 0.4) is 0 Å². The van der Waals surface area contributed by atoms with E-state index in [9.17, 15) is 8.42 Å². The molecule has 2 rings (SSSR count). The van der Waals surface area contributed by atoms with Crippen LogP contribution in [0.5, 0.6) is 0 Å². The molecule has 100 valence electrons. The topological polar surface area (TPSA) is 46.6 Å². The van der Waals surface area contributed by atoms with Crippen LogP contribution < -0.4 is 0 Å². The molecule has 1 aliphatic rings. The van der Waals surface area contributed by atoms with Crippen molar-refractivity contribution in [3.8, 4) is 0 Å². The van der Waals surface area contributed by atoms with Gasteiger partial charge in [-0.05, 0) is 40.5 Å². The lowest BCUT2D eigenvalue weighted by atomic mass is 10.3. The van der Waals surface area contributed by atoms with E-state index >= 15 is 0 Å². The van der Waals surface area contributed by atoms with E-state index in [0.29, 0.717) is 22.7 Å². The molecule has 1 aromatic rings. The Morgan fingerprint density at radius 1 is 1.50 bits per heavy atom. The second-order valence-corrected chi connectivity index (χ2v) is 7.37. The van der Waals surface area contributed by atoms with Crippen LogP contribution in [0.4, 0.5) is 0 Å². The van der Waals surface area contributed by atoms with Gasteiger partial charge in [-0.25, -0.2) is 8.42 Å². The highest BCUT2D eigenvalue weighted by Crippen LogP contribution is 2.28. The van der Waals surface area contributed by atoms with Crippen molar-refractivity contribution >= 4 is 37.6 Å². The number of hydrogen-bond acceptors (Lipinski definition) is 3. The molecular weight excluding hydrogens is 342 g/mol. The minimum atomic E-state index is -3.50. The van der Waals surface area contributed by atoms with Crippen molar-refractivity contribution in [3.05, 3.63) is 27.7 Å². The number of likely N-dealkylation sites (N-methyl/N-ethyl adjacent to an activating group) is 1. The molecule has 1 unspecified atom stereocenters. The molecule has 0 radical (unpaired) electrons. The van der Waals surface area contributed by atoms with Crippen molar-refractivity contribution in [3.63, 3.8) is 0 Å². The molecule has 1 saturated heterocycles. The molecule has 0 aliphatic carbocycles.